The van der Waals surface area contributed by atoms with Crippen molar-refractivity contribution in [3.05, 3.63) is 24.3 Å². The normalized spacial score (nSPS) is 14.8. The highest BCUT2D eigenvalue weighted by Gasteiger charge is 2.35. The van der Waals surface area contributed by atoms with Crippen LogP contribution >= 0.6 is 0 Å². The van der Waals surface area contributed by atoms with Gasteiger partial charge in [0.05, 0.1) is 12.8 Å². The molecule has 1 saturated carbocycles. The van der Waals surface area contributed by atoms with Crippen molar-refractivity contribution >= 4 is 11.9 Å². The van der Waals surface area contributed by atoms with Crippen molar-refractivity contribution in [2.45, 2.75) is 186 Å². The van der Waals surface area contributed by atoms with E-state index in [2.05, 4.69) is 32.1 Å². The Morgan fingerprint density at radius 1 is 0.575 bits per heavy atom. The van der Waals surface area contributed by atoms with E-state index in [9.17, 15) is 9.59 Å². The lowest BCUT2D eigenvalue weighted by Crippen LogP contribution is -2.30. The predicted molar refractivity (Wildman–Crippen MR) is 169 cm³/mol. The molecule has 0 atom stereocenters. The fourth-order valence-electron chi connectivity index (χ4n) is 5.60. The fraction of sp³-hybridized carbons (Fsp3) is 0.833. The number of ether oxygens (including phenoxy) is 2. The summed E-state index contributed by atoms with van der Waals surface area (Å²) in [5.41, 5.74) is -0.460. The van der Waals surface area contributed by atoms with Gasteiger partial charge in [-0.25, -0.2) is 0 Å². The van der Waals surface area contributed by atoms with Gasteiger partial charge in [-0.2, -0.15) is 0 Å². The second-order valence-corrected chi connectivity index (χ2v) is 12.0. The lowest BCUT2D eigenvalue weighted by atomic mass is 10.00. The van der Waals surface area contributed by atoms with Gasteiger partial charge in [-0.3, -0.25) is 9.59 Å². The minimum Gasteiger partial charge on any atom is -0.461 e. The maximum Gasteiger partial charge on any atom is 0.307 e. The molecule has 0 spiro atoms. The van der Waals surface area contributed by atoms with Crippen LogP contribution in [0.15, 0.2) is 24.3 Å². The van der Waals surface area contributed by atoms with Crippen molar-refractivity contribution in [2.24, 2.45) is 0 Å². The molecule has 0 bridgehead atoms. The fourth-order valence-corrected chi connectivity index (χ4v) is 5.60. The zero-order chi connectivity index (χ0) is 29.0. The van der Waals surface area contributed by atoms with Crippen LogP contribution in [0.1, 0.15) is 181 Å². The average Bonchev–Trinajstić information content (AvgIpc) is 3.41. The third-order valence-electron chi connectivity index (χ3n) is 8.18. The lowest BCUT2D eigenvalue weighted by Gasteiger charge is -2.25. The van der Waals surface area contributed by atoms with Crippen LogP contribution in [0.4, 0.5) is 0 Å². The Hall–Kier alpha value is -1.58. The first kappa shape index (κ1) is 36.4. The van der Waals surface area contributed by atoms with Crippen molar-refractivity contribution < 1.29 is 19.1 Å². The molecule has 232 valence electrons. The Bertz CT molecular complexity index is 660. The molecule has 0 amide bonds. The van der Waals surface area contributed by atoms with Crippen LogP contribution in [0.2, 0.25) is 0 Å². The monoisotopic (exact) mass is 560 g/mol. The van der Waals surface area contributed by atoms with Crippen molar-refractivity contribution in [3.63, 3.8) is 0 Å². The summed E-state index contributed by atoms with van der Waals surface area (Å²) >= 11 is 0. The first-order chi connectivity index (χ1) is 19.6. The molecule has 1 aliphatic rings. The minimum atomic E-state index is -0.460. The highest BCUT2D eigenvalue weighted by molar-refractivity contribution is 5.78. The third-order valence-corrected chi connectivity index (χ3v) is 8.18. The van der Waals surface area contributed by atoms with Crippen LogP contribution < -0.4 is 0 Å². The van der Waals surface area contributed by atoms with Crippen LogP contribution in [-0.4, -0.2) is 24.1 Å². The molecule has 1 rings (SSSR count). The van der Waals surface area contributed by atoms with Gasteiger partial charge in [0.1, 0.15) is 12.2 Å². The van der Waals surface area contributed by atoms with Gasteiger partial charge in [0.2, 0.25) is 0 Å². The Kier molecular flexibility index (Phi) is 24.0. The van der Waals surface area contributed by atoms with E-state index in [0.717, 1.165) is 38.5 Å². The average molecular weight is 561 g/mol. The highest BCUT2D eigenvalue weighted by atomic mass is 16.6. The van der Waals surface area contributed by atoms with Gasteiger partial charge in [0.25, 0.3) is 0 Å². The quantitative estimate of drug-likeness (QED) is 0.0569. The molecule has 1 aliphatic carbocycles. The topological polar surface area (TPSA) is 52.6 Å². The summed E-state index contributed by atoms with van der Waals surface area (Å²) in [7, 11) is 0. The summed E-state index contributed by atoms with van der Waals surface area (Å²) in [6.07, 6.45) is 38.6. The minimum absolute atomic E-state index is 0.0865. The molecule has 0 radical (unpaired) electrons. The van der Waals surface area contributed by atoms with Crippen molar-refractivity contribution in [3.8, 4) is 0 Å². The molecule has 0 N–H and O–H groups in total. The molecule has 4 heteroatoms. The van der Waals surface area contributed by atoms with E-state index >= 15 is 0 Å². The van der Waals surface area contributed by atoms with Crippen LogP contribution in [-0.2, 0) is 19.1 Å². The smallest absolute Gasteiger partial charge is 0.307 e. The van der Waals surface area contributed by atoms with Gasteiger partial charge >= 0.3 is 11.9 Å². The maximum atomic E-state index is 12.5. The van der Waals surface area contributed by atoms with Crippen LogP contribution in [0.3, 0.4) is 0 Å². The molecule has 40 heavy (non-hydrogen) atoms. The number of esters is 2. The Morgan fingerprint density at radius 3 is 1.55 bits per heavy atom. The number of hydrogen-bond acceptors (Lipinski definition) is 4. The maximum absolute atomic E-state index is 12.5. The summed E-state index contributed by atoms with van der Waals surface area (Å²) in [4.78, 5) is 24.6. The zero-order valence-electron chi connectivity index (χ0n) is 26.5. The van der Waals surface area contributed by atoms with Crippen molar-refractivity contribution in [1.29, 1.82) is 0 Å². The summed E-state index contributed by atoms with van der Waals surface area (Å²) in [5.74, 6) is -0.612. The Morgan fingerprint density at radius 2 is 1.02 bits per heavy atom. The molecule has 4 nitrogen and oxygen atoms in total. The first-order valence-electron chi connectivity index (χ1n) is 17.3. The van der Waals surface area contributed by atoms with Crippen LogP contribution in [0.25, 0.3) is 0 Å². The van der Waals surface area contributed by atoms with E-state index in [1.54, 1.807) is 0 Å². The zero-order valence-corrected chi connectivity index (χ0v) is 26.5. The Labute approximate surface area is 248 Å². The highest BCUT2D eigenvalue weighted by Crippen LogP contribution is 2.35. The third kappa shape index (κ3) is 21.2. The van der Waals surface area contributed by atoms with E-state index < -0.39 is 5.60 Å². The molecular weight excluding hydrogens is 496 g/mol. The van der Waals surface area contributed by atoms with Crippen molar-refractivity contribution in [2.75, 3.05) is 6.61 Å². The number of rotatable bonds is 27. The standard InChI is InChI=1S/C36H64O4/c1-3-5-7-9-11-13-15-17-19-21-23-27-33-39-34(37)28-29-35(38)40-36(31-25-26-32-36)30-24-22-20-18-16-14-12-10-8-6-4-2/h23-24,27,30H,3-22,25-26,28-29,31-33H2,1-2H3/b27-23+,30-24+. The summed E-state index contributed by atoms with van der Waals surface area (Å²) < 4.78 is 11.2. The number of hydrogen-bond donors (Lipinski definition) is 0. The van der Waals surface area contributed by atoms with Gasteiger partial charge in [-0.1, -0.05) is 135 Å². The van der Waals surface area contributed by atoms with Crippen LogP contribution in [0, 0.1) is 0 Å². The predicted octanol–water partition coefficient (Wildman–Crippen LogP) is 11.1. The molecule has 0 unspecified atom stereocenters. The second-order valence-electron chi connectivity index (χ2n) is 12.0. The molecule has 0 aromatic rings. The number of allylic oxidation sites excluding steroid dienone is 2. The van der Waals surface area contributed by atoms with Crippen LogP contribution in [0.5, 0.6) is 0 Å². The van der Waals surface area contributed by atoms with Gasteiger partial charge in [0, 0.05) is 0 Å². The van der Waals surface area contributed by atoms with E-state index in [-0.39, 0.29) is 31.4 Å². The van der Waals surface area contributed by atoms with Gasteiger partial charge in [0.15, 0.2) is 0 Å². The molecule has 0 saturated heterocycles. The number of unbranched alkanes of at least 4 members (excludes halogenated alkanes) is 18. The van der Waals surface area contributed by atoms with Gasteiger partial charge < -0.3 is 9.47 Å². The summed E-state index contributed by atoms with van der Waals surface area (Å²) in [6.45, 7) is 4.81. The number of carbonyl (C=O) groups excluding carboxylic acids is 2. The van der Waals surface area contributed by atoms with E-state index in [4.69, 9.17) is 9.47 Å². The molecule has 0 heterocycles. The molecule has 0 aliphatic heterocycles. The van der Waals surface area contributed by atoms with Gasteiger partial charge in [-0.05, 0) is 57.4 Å². The van der Waals surface area contributed by atoms with E-state index in [0.29, 0.717) is 0 Å². The molecule has 0 aromatic heterocycles. The lowest BCUT2D eigenvalue weighted by molar-refractivity contribution is -0.157. The summed E-state index contributed by atoms with van der Waals surface area (Å²) in [6, 6.07) is 0. The number of carbonyl (C=O) groups is 2. The van der Waals surface area contributed by atoms with Crippen molar-refractivity contribution in [1.82, 2.24) is 0 Å². The largest absolute Gasteiger partial charge is 0.461 e. The SMILES string of the molecule is CCCCCCCCCCC/C=C/COC(=O)CCC(=O)OC1(/C=C/CCCCCCCCCCC)CCCC1. The Balaban J connectivity index is 2.09. The van der Waals surface area contributed by atoms with E-state index in [1.807, 2.05) is 6.08 Å². The second kappa shape index (κ2) is 26.3. The summed E-state index contributed by atoms with van der Waals surface area (Å²) in [5, 5.41) is 0. The molecule has 1 fully saturated rings. The molecular formula is C36H64O4. The first-order valence-corrected chi connectivity index (χ1v) is 17.3. The van der Waals surface area contributed by atoms with E-state index in [1.165, 1.54) is 116 Å². The molecule has 0 aromatic carbocycles. The van der Waals surface area contributed by atoms with Gasteiger partial charge in [-0.15, -0.1) is 0 Å².